The van der Waals surface area contributed by atoms with Gasteiger partial charge in [-0.15, -0.1) is 0 Å². The Kier molecular flexibility index (Phi) is 4.99. The van der Waals surface area contributed by atoms with Crippen LogP contribution in [-0.2, 0) is 14.3 Å². The van der Waals surface area contributed by atoms with Crippen molar-refractivity contribution in [3.8, 4) is 0 Å². The van der Waals surface area contributed by atoms with Crippen molar-refractivity contribution in [3.05, 3.63) is 24.0 Å². The van der Waals surface area contributed by atoms with Crippen LogP contribution in [-0.4, -0.2) is 56.0 Å². The van der Waals surface area contributed by atoms with Crippen LogP contribution in [0.3, 0.4) is 0 Å². The van der Waals surface area contributed by atoms with Gasteiger partial charge in [0.25, 0.3) is 0 Å². The Hall–Kier alpha value is -2.78. The second-order valence-corrected chi connectivity index (χ2v) is 6.49. The molecule has 0 saturated carbocycles. The number of hydrogen-bond donors (Lipinski definition) is 1. The van der Waals surface area contributed by atoms with E-state index in [-0.39, 0.29) is 43.3 Å². The summed E-state index contributed by atoms with van der Waals surface area (Å²) in [5.74, 6) is -5.72. The van der Waals surface area contributed by atoms with Crippen LogP contribution in [0.25, 0.3) is 0 Å². The molecule has 0 bridgehead atoms. The summed E-state index contributed by atoms with van der Waals surface area (Å²) in [6, 6.07) is 3.78. The first-order valence-electron chi connectivity index (χ1n) is 8.35. The van der Waals surface area contributed by atoms with Gasteiger partial charge in [0, 0.05) is 19.9 Å². The van der Waals surface area contributed by atoms with Crippen molar-refractivity contribution in [2.45, 2.75) is 25.4 Å². The average Bonchev–Trinajstić information content (AvgIpc) is 2.96. The van der Waals surface area contributed by atoms with E-state index < -0.39 is 36.3 Å². The molecule has 2 saturated heterocycles. The van der Waals surface area contributed by atoms with E-state index in [0.29, 0.717) is 0 Å². The Balaban J connectivity index is 1.72. The summed E-state index contributed by atoms with van der Waals surface area (Å²) in [5.41, 5.74) is 0.153. The number of cyclic esters (lactones) is 1. The first kappa shape index (κ1) is 19.0. The van der Waals surface area contributed by atoms with Gasteiger partial charge in [-0.2, -0.15) is 8.78 Å². The van der Waals surface area contributed by atoms with Crippen molar-refractivity contribution < 1.29 is 32.3 Å². The number of rotatable bonds is 4. The van der Waals surface area contributed by atoms with E-state index in [4.69, 9.17) is 4.74 Å². The molecule has 0 spiro atoms. The lowest BCUT2D eigenvalue weighted by Gasteiger charge is -2.33. The van der Waals surface area contributed by atoms with Crippen LogP contribution in [0, 0.1) is 5.82 Å². The third-order valence-corrected chi connectivity index (χ3v) is 4.44. The summed E-state index contributed by atoms with van der Waals surface area (Å²) < 4.78 is 46.8. The standard InChI is InChI=1S/C17H18F3N3O4/c1-10(24)21-7-12-8-23(16(26)27-12)11-2-3-14(13(18)6-11)22-5-4-15(25)17(19,20)9-22/h2-3,6,12H,4-5,7-9H2,1H3,(H,21,24)/t12-/m0/s1. The zero-order valence-electron chi connectivity index (χ0n) is 14.5. The van der Waals surface area contributed by atoms with Gasteiger partial charge in [-0.3, -0.25) is 14.5 Å². The molecule has 0 aromatic heterocycles. The number of ether oxygens (including phenoxy) is 1. The van der Waals surface area contributed by atoms with Crippen molar-refractivity contribution in [3.63, 3.8) is 0 Å². The maximum Gasteiger partial charge on any atom is 0.414 e. The minimum atomic E-state index is -3.51. The van der Waals surface area contributed by atoms with E-state index in [1.165, 1.54) is 24.0 Å². The number of nitrogens with one attached hydrogen (secondary N) is 1. The summed E-state index contributed by atoms with van der Waals surface area (Å²) >= 11 is 0. The molecule has 2 heterocycles. The van der Waals surface area contributed by atoms with E-state index in [9.17, 15) is 27.6 Å². The first-order chi connectivity index (χ1) is 12.7. The number of hydrogen-bond acceptors (Lipinski definition) is 5. The number of nitrogens with zero attached hydrogens (tertiary/aromatic N) is 2. The fraction of sp³-hybridized carbons (Fsp3) is 0.471. The van der Waals surface area contributed by atoms with Crippen LogP contribution in [0.15, 0.2) is 18.2 Å². The van der Waals surface area contributed by atoms with Crippen LogP contribution in [0.4, 0.5) is 29.3 Å². The summed E-state index contributed by atoms with van der Waals surface area (Å²) in [4.78, 5) is 36.4. The summed E-state index contributed by atoms with van der Waals surface area (Å²) in [7, 11) is 0. The Morgan fingerprint density at radius 1 is 1.37 bits per heavy atom. The van der Waals surface area contributed by atoms with Crippen molar-refractivity contribution >= 4 is 29.2 Å². The maximum absolute atomic E-state index is 14.5. The maximum atomic E-state index is 14.5. The highest BCUT2D eigenvalue weighted by molar-refractivity contribution is 5.90. The van der Waals surface area contributed by atoms with Crippen molar-refractivity contribution in [2.75, 3.05) is 36.0 Å². The molecule has 1 aromatic carbocycles. The highest BCUT2D eigenvalue weighted by atomic mass is 19.3. The van der Waals surface area contributed by atoms with Crippen molar-refractivity contribution in [2.24, 2.45) is 0 Å². The number of carbonyl (C=O) groups excluding carboxylic acids is 3. The highest BCUT2D eigenvalue weighted by Crippen LogP contribution is 2.32. The molecular weight excluding hydrogens is 367 g/mol. The monoisotopic (exact) mass is 385 g/mol. The molecule has 27 heavy (non-hydrogen) atoms. The number of ketones is 1. The fourth-order valence-electron chi connectivity index (χ4n) is 3.05. The van der Waals surface area contributed by atoms with E-state index in [0.717, 1.165) is 11.0 Å². The number of carbonyl (C=O) groups is 3. The fourth-order valence-corrected chi connectivity index (χ4v) is 3.05. The molecule has 7 nitrogen and oxygen atoms in total. The number of Topliss-reactive ketones (excluding diaryl/α,β-unsaturated/α-hetero) is 1. The lowest BCUT2D eigenvalue weighted by Crippen LogP contribution is -2.49. The molecule has 2 aliphatic heterocycles. The summed E-state index contributed by atoms with van der Waals surface area (Å²) in [5, 5.41) is 2.53. The lowest BCUT2D eigenvalue weighted by atomic mass is 10.0. The number of benzene rings is 1. The lowest BCUT2D eigenvalue weighted by molar-refractivity contribution is -0.143. The van der Waals surface area contributed by atoms with E-state index in [1.807, 2.05) is 0 Å². The molecule has 0 unspecified atom stereocenters. The molecular formula is C17H18F3N3O4. The molecule has 3 rings (SSSR count). The normalized spacial score (nSPS) is 22.0. The van der Waals surface area contributed by atoms with Crippen LogP contribution in [0.5, 0.6) is 0 Å². The molecule has 2 aliphatic rings. The zero-order chi connectivity index (χ0) is 19.8. The number of piperidine rings is 1. The minimum absolute atomic E-state index is 0.00473. The van der Waals surface area contributed by atoms with Gasteiger partial charge in [0.1, 0.15) is 11.9 Å². The van der Waals surface area contributed by atoms with Crippen LogP contribution < -0.4 is 15.1 Å². The summed E-state index contributed by atoms with van der Waals surface area (Å²) in [6.45, 7) is 0.700. The molecule has 146 valence electrons. The van der Waals surface area contributed by atoms with Gasteiger partial charge in [-0.25, -0.2) is 9.18 Å². The van der Waals surface area contributed by atoms with Gasteiger partial charge in [-0.1, -0.05) is 0 Å². The van der Waals surface area contributed by atoms with Crippen LogP contribution in [0.2, 0.25) is 0 Å². The van der Waals surface area contributed by atoms with Gasteiger partial charge in [-0.05, 0) is 18.2 Å². The van der Waals surface area contributed by atoms with Crippen molar-refractivity contribution in [1.29, 1.82) is 0 Å². The van der Waals surface area contributed by atoms with Gasteiger partial charge < -0.3 is 15.0 Å². The molecule has 1 aromatic rings. The Morgan fingerprint density at radius 3 is 2.74 bits per heavy atom. The Morgan fingerprint density at radius 2 is 2.11 bits per heavy atom. The van der Waals surface area contributed by atoms with Crippen molar-refractivity contribution in [1.82, 2.24) is 5.32 Å². The highest BCUT2D eigenvalue weighted by Gasteiger charge is 2.44. The SMILES string of the molecule is CC(=O)NC[C@H]1CN(c2ccc(N3CCC(=O)C(F)(F)C3)c(F)c2)C(=O)O1. The zero-order valence-corrected chi connectivity index (χ0v) is 14.5. The molecule has 2 fully saturated rings. The number of amides is 2. The van der Waals surface area contributed by atoms with Gasteiger partial charge in [0.05, 0.1) is 31.0 Å². The van der Waals surface area contributed by atoms with E-state index in [2.05, 4.69) is 5.32 Å². The topological polar surface area (TPSA) is 79.0 Å². The van der Waals surface area contributed by atoms with Gasteiger partial charge in [0.15, 0.2) is 0 Å². The van der Waals surface area contributed by atoms with Gasteiger partial charge in [0.2, 0.25) is 11.7 Å². The van der Waals surface area contributed by atoms with Crippen LogP contribution >= 0.6 is 0 Å². The molecule has 0 radical (unpaired) electrons. The quantitative estimate of drug-likeness (QED) is 0.854. The molecule has 1 N–H and O–H groups in total. The largest absolute Gasteiger partial charge is 0.442 e. The third-order valence-electron chi connectivity index (χ3n) is 4.44. The molecule has 1 atom stereocenters. The first-order valence-corrected chi connectivity index (χ1v) is 8.35. The average molecular weight is 385 g/mol. The van der Waals surface area contributed by atoms with E-state index in [1.54, 1.807) is 0 Å². The Labute approximate surface area is 153 Å². The second-order valence-electron chi connectivity index (χ2n) is 6.49. The number of anilines is 2. The summed E-state index contributed by atoms with van der Waals surface area (Å²) in [6.07, 6.45) is -1.62. The van der Waals surface area contributed by atoms with E-state index >= 15 is 0 Å². The molecule has 0 aliphatic carbocycles. The third kappa shape index (κ3) is 3.99. The van der Waals surface area contributed by atoms with Gasteiger partial charge >= 0.3 is 12.0 Å². The van der Waals surface area contributed by atoms with Crippen LogP contribution in [0.1, 0.15) is 13.3 Å². The number of halogens is 3. The molecule has 10 heteroatoms. The number of alkyl halides is 2. The molecule has 2 amide bonds. The minimum Gasteiger partial charge on any atom is -0.442 e. The second kappa shape index (κ2) is 7.09. The predicted molar refractivity (Wildman–Crippen MR) is 89.5 cm³/mol. The Bertz CT molecular complexity index is 787. The smallest absolute Gasteiger partial charge is 0.414 e. The predicted octanol–water partition coefficient (Wildman–Crippen LogP) is 1.70.